The number of carbonyl (C=O) groups excluding carboxylic acids is 2. The molecule has 0 saturated carbocycles. The zero-order chi connectivity index (χ0) is 22.2. The molecule has 0 atom stereocenters. The highest BCUT2D eigenvalue weighted by molar-refractivity contribution is 6.02. The summed E-state index contributed by atoms with van der Waals surface area (Å²) in [4.78, 5) is 29.4. The van der Waals surface area contributed by atoms with Gasteiger partial charge in [-0.25, -0.2) is 5.01 Å². The average molecular weight is 431 g/mol. The maximum absolute atomic E-state index is 12.6. The molecule has 0 radical (unpaired) electrons. The molecular weight excluding hydrogens is 400 g/mol. The normalized spacial score (nSPS) is 17.1. The Morgan fingerprint density at radius 3 is 2.19 bits per heavy atom. The van der Waals surface area contributed by atoms with Crippen molar-refractivity contribution in [1.82, 2.24) is 14.8 Å². The molecule has 0 aliphatic carbocycles. The van der Waals surface area contributed by atoms with E-state index in [0.29, 0.717) is 19.6 Å². The van der Waals surface area contributed by atoms with Crippen LogP contribution in [0.5, 0.6) is 0 Å². The van der Waals surface area contributed by atoms with Crippen LogP contribution in [0.1, 0.15) is 30.4 Å². The molecule has 32 heavy (non-hydrogen) atoms. The summed E-state index contributed by atoms with van der Waals surface area (Å²) >= 11 is 0. The number of hydrazone groups is 1. The number of rotatable bonds is 7. The predicted octanol–water partition coefficient (Wildman–Crippen LogP) is 3.26. The van der Waals surface area contributed by atoms with Gasteiger partial charge in [0.05, 0.1) is 12.3 Å². The number of nitrogens with zero attached hydrogens (tertiary/aromatic N) is 4. The van der Waals surface area contributed by atoms with Crippen LogP contribution < -0.4 is 0 Å². The van der Waals surface area contributed by atoms with E-state index in [1.54, 1.807) is 0 Å². The quantitative estimate of drug-likeness (QED) is 0.678. The molecule has 0 bridgehead atoms. The molecule has 2 aromatic rings. The van der Waals surface area contributed by atoms with E-state index in [0.717, 1.165) is 37.3 Å². The maximum atomic E-state index is 12.6. The molecule has 2 aliphatic rings. The number of hydrogen-bond donors (Lipinski definition) is 0. The first-order valence-electron chi connectivity index (χ1n) is 11.3. The van der Waals surface area contributed by atoms with Gasteiger partial charge in [-0.3, -0.25) is 14.5 Å². The second kappa shape index (κ2) is 10.9. The zero-order valence-electron chi connectivity index (χ0n) is 18.4. The molecule has 166 valence electrons. The van der Waals surface area contributed by atoms with Crippen molar-refractivity contribution >= 4 is 23.6 Å². The monoisotopic (exact) mass is 430 g/mol. The van der Waals surface area contributed by atoms with E-state index in [1.807, 2.05) is 53.4 Å². The van der Waals surface area contributed by atoms with Crippen LogP contribution in [-0.2, 0) is 9.59 Å². The Morgan fingerprint density at radius 1 is 0.812 bits per heavy atom. The largest absolute Gasteiger partial charge is 0.340 e. The highest BCUT2D eigenvalue weighted by Gasteiger charge is 2.24. The molecule has 6 heteroatoms. The Morgan fingerprint density at radius 2 is 1.47 bits per heavy atom. The van der Waals surface area contributed by atoms with E-state index in [2.05, 4.69) is 34.3 Å². The van der Waals surface area contributed by atoms with Crippen molar-refractivity contribution in [2.24, 2.45) is 5.10 Å². The molecule has 2 heterocycles. The van der Waals surface area contributed by atoms with Gasteiger partial charge in [0.25, 0.3) is 0 Å². The summed E-state index contributed by atoms with van der Waals surface area (Å²) in [5, 5.41) is 5.99. The fourth-order valence-corrected chi connectivity index (χ4v) is 4.05. The third kappa shape index (κ3) is 5.92. The van der Waals surface area contributed by atoms with Gasteiger partial charge in [-0.2, -0.15) is 5.10 Å². The van der Waals surface area contributed by atoms with Crippen LogP contribution in [0.4, 0.5) is 0 Å². The summed E-state index contributed by atoms with van der Waals surface area (Å²) in [7, 11) is 0. The molecule has 6 nitrogen and oxygen atoms in total. The van der Waals surface area contributed by atoms with Gasteiger partial charge < -0.3 is 4.90 Å². The number of amides is 2. The molecule has 4 rings (SSSR count). The molecule has 0 spiro atoms. The van der Waals surface area contributed by atoms with Gasteiger partial charge in [-0.15, -0.1) is 0 Å². The van der Waals surface area contributed by atoms with Crippen LogP contribution in [0.3, 0.4) is 0 Å². The Balaban J connectivity index is 1.17. The first-order valence-corrected chi connectivity index (χ1v) is 11.3. The van der Waals surface area contributed by atoms with E-state index in [1.165, 1.54) is 10.6 Å². The zero-order valence-corrected chi connectivity index (χ0v) is 18.4. The predicted molar refractivity (Wildman–Crippen MR) is 127 cm³/mol. The standard InChI is InChI=1S/C26H30N4O2/c31-25(13-14-26(32)30-17-15-24(27-30)23-11-5-2-6-12-23)29-20-18-28(19-21-29)16-7-10-22-8-3-1-4-9-22/h1-12H,13-21H2. The van der Waals surface area contributed by atoms with Gasteiger partial charge in [-0.1, -0.05) is 72.8 Å². The summed E-state index contributed by atoms with van der Waals surface area (Å²) in [6, 6.07) is 20.2. The van der Waals surface area contributed by atoms with E-state index in [-0.39, 0.29) is 24.7 Å². The van der Waals surface area contributed by atoms with E-state index < -0.39 is 0 Å². The summed E-state index contributed by atoms with van der Waals surface area (Å²) < 4.78 is 0. The smallest absolute Gasteiger partial charge is 0.243 e. The van der Waals surface area contributed by atoms with Crippen molar-refractivity contribution in [3.05, 3.63) is 77.9 Å². The molecular formula is C26H30N4O2. The minimum atomic E-state index is -0.0750. The second-order valence-electron chi connectivity index (χ2n) is 8.17. The minimum Gasteiger partial charge on any atom is -0.340 e. The number of benzene rings is 2. The summed E-state index contributed by atoms with van der Waals surface area (Å²) in [5.41, 5.74) is 3.18. The number of hydrogen-bond acceptors (Lipinski definition) is 4. The molecule has 0 N–H and O–H groups in total. The Labute approximate surface area is 189 Å². The lowest BCUT2D eigenvalue weighted by atomic mass is 10.1. The summed E-state index contributed by atoms with van der Waals surface area (Å²) in [6.07, 6.45) is 5.52. The summed E-state index contributed by atoms with van der Waals surface area (Å²) in [5.74, 6) is -0.0155. The Bertz CT molecular complexity index is 964. The third-order valence-electron chi connectivity index (χ3n) is 5.95. The third-order valence-corrected chi connectivity index (χ3v) is 5.95. The van der Waals surface area contributed by atoms with Crippen LogP contribution >= 0.6 is 0 Å². The van der Waals surface area contributed by atoms with Crippen molar-refractivity contribution in [3.8, 4) is 0 Å². The SMILES string of the molecule is O=C(CCC(=O)N1CCC(c2ccccc2)=N1)N1CCN(CC=Cc2ccccc2)CC1. The van der Waals surface area contributed by atoms with Crippen molar-refractivity contribution in [1.29, 1.82) is 0 Å². The topological polar surface area (TPSA) is 56.2 Å². The highest BCUT2D eigenvalue weighted by atomic mass is 16.2. The van der Waals surface area contributed by atoms with Gasteiger partial charge in [0.15, 0.2) is 0 Å². The van der Waals surface area contributed by atoms with E-state index in [9.17, 15) is 9.59 Å². The molecule has 1 fully saturated rings. The number of piperazine rings is 1. The van der Waals surface area contributed by atoms with Gasteiger partial charge in [0, 0.05) is 52.0 Å². The summed E-state index contributed by atoms with van der Waals surface area (Å²) in [6.45, 7) is 4.61. The Kier molecular flexibility index (Phi) is 7.46. The lowest BCUT2D eigenvalue weighted by Gasteiger charge is -2.34. The van der Waals surface area contributed by atoms with Crippen LogP contribution in [0.15, 0.2) is 71.8 Å². The number of carbonyl (C=O) groups is 2. The van der Waals surface area contributed by atoms with Crippen LogP contribution in [0.2, 0.25) is 0 Å². The second-order valence-corrected chi connectivity index (χ2v) is 8.17. The Hall–Kier alpha value is -3.25. The molecule has 2 amide bonds. The minimum absolute atomic E-state index is 0.0595. The van der Waals surface area contributed by atoms with Gasteiger partial charge in [-0.05, 0) is 11.1 Å². The molecule has 2 aromatic carbocycles. The highest BCUT2D eigenvalue weighted by Crippen LogP contribution is 2.15. The van der Waals surface area contributed by atoms with Crippen molar-refractivity contribution < 1.29 is 9.59 Å². The van der Waals surface area contributed by atoms with Crippen molar-refractivity contribution in [2.45, 2.75) is 19.3 Å². The fraction of sp³-hybridized carbons (Fsp3) is 0.346. The van der Waals surface area contributed by atoms with E-state index in [4.69, 9.17) is 0 Å². The first-order chi connectivity index (χ1) is 15.7. The van der Waals surface area contributed by atoms with Gasteiger partial charge >= 0.3 is 0 Å². The van der Waals surface area contributed by atoms with E-state index >= 15 is 0 Å². The van der Waals surface area contributed by atoms with Gasteiger partial charge in [0.1, 0.15) is 0 Å². The first kappa shape index (κ1) is 22.0. The molecule has 2 aliphatic heterocycles. The van der Waals surface area contributed by atoms with Crippen LogP contribution in [0, 0.1) is 0 Å². The van der Waals surface area contributed by atoms with Crippen LogP contribution in [0.25, 0.3) is 6.08 Å². The average Bonchev–Trinajstić information content (AvgIpc) is 3.35. The fourth-order valence-electron chi connectivity index (χ4n) is 4.05. The molecule has 1 saturated heterocycles. The van der Waals surface area contributed by atoms with Crippen molar-refractivity contribution in [3.63, 3.8) is 0 Å². The molecule has 0 unspecified atom stereocenters. The maximum Gasteiger partial charge on any atom is 0.243 e. The van der Waals surface area contributed by atoms with Crippen LogP contribution in [-0.4, -0.2) is 71.6 Å². The van der Waals surface area contributed by atoms with Gasteiger partial charge in [0.2, 0.25) is 11.8 Å². The molecule has 0 aromatic heterocycles. The van der Waals surface area contributed by atoms with Crippen molar-refractivity contribution in [2.75, 3.05) is 39.3 Å². The lowest BCUT2D eigenvalue weighted by molar-refractivity contribution is -0.137. The lowest BCUT2D eigenvalue weighted by Crippen LogP contribution is -2.48.